The maximum atomic E-state index is 12.9. The van der Waals surface area contributed by atoms with Crippen molar-refractivity contribution >= 4 is 17.3 Å². The van der Waals surface area contributed by atoms with E-state index in [0.29, 0.717) is 0 Å². The Morgan fingerprint density at radius 1 is 1.50 bits per heavy atom. The molecular formula is C12H14F2N2O4. The number of nitrogens with zero attached hydrogens (tertiary/aromatic N) is 1. The smallest absolute Gasteiger partial charge is 0.328 e. The number of halogens is 2. The van der Waals surface area contributed by atoms with E-state index in [2.05, 4.69) is 5.32 Å². The Kier molecular flexibility index (Phi) is 5.36. The van der Waals surface area contributed by atoms with E-state index >= 15 is 0 Å². The standard InChI is InChI=1S/C12H14F2N2O4/c1-3-20-12(17)7(2)15-10-5-4-8(16(18)19)6-9(10)11(13)14/h4-7,11,15H,3H2,1-2H3. The molecule has 1 atom stereocenters. The number of nitrogens with one attached hydrogen (secondary N) is 1. The minimum absolute atomic E-state index is 0.0360. The molecule has 0 spiro atoms. The topological polar surface area (TPSA) is 81.5 Å². The van der Waals surface area contributed by atoms with E-state index < -0.39 is 34.6 Å². The zero-order valence-corrected chi connectivity index (χ0v) is 10.9. The molecule has 0 amide bonds. The average Bonchev–Trinajstić information content (AvgIpc) is 2.38. The van der Waals surface area contributed by atoms with Crippen molar-refractivity contribution in [2.75, 3.05) is 11.9 Å². The molecule has 0 fully saturated rings. The quantitative estimate of drug-likeness (QED) is 0.494. The Morgan fingerprint density at radius 3 is 2.65 bits per heavy atom. The van der Waals surface area contributed by atoms with E-state index in [-0.39, 0.29) is 12.3 Å². The van der Waals surface area contributed by atoms with Crippen LogP contribution in [0.15, 0.2) is 18.2 Å². The maximum Gasteiger partial charge on any atom is 0.328 e. The van der Waals surface area contributed by atoms with Gasteiger partial charge in [0.15, 0.2) is 0 Å². The summed E-state index contributed by atoms with van der Waals surface area (Å²) >= 11 is 0. The van der Waals surface area contributed by atoms with Gasteiger partial charge < -0.3 is 10.1 Å². The summed E-state index contributed by atoms with van der Waals surface area (Å²) in [7, 11) is 0. The SMILES string of the molecule is CCOC(=O)C(C)Nc1ccc([N+](=O)[O-])cc1C(F)F. The molecule has 1 rings (SSSR count). The number of esters is 1. The number of anilines is 1. The van der Waals surface area contributed by atoms with Crippen LogP contribution in [0.3, 0.4) is 0 Å². The molecule has 6 nitrogen and oxygen atoms in total. The number of benzene rings is 1. The van der Waals surface area contributed by atoms with Crippen LogP contribution in [0.1, 0.15) is 25.8 Å². The zero-order valence-electron chi connectivity index (χ0n) is 10.9. The van der Waals surface area contributed by atoms with E-state index in [1.165, 1.54) is 6.92 Å². The minimum atomic E-state index is -2.90. The van der Waals surface area contributed by atoms with Crippen LogP contribution in [-0.2, 0) is 9.53 Å². The molecular weight excluding hydrogens is 274 g/mol. The minimum Gasteiger partial charge on any atom is -0.464 e. The van der Waals surface area contributed by atoms with Crippen molar-refractivity contribution in [3.63, 3.8) is 0 Å². The van der Waals surface area contributed by atoms with Crippen LogP contribution in [0.2, 0.25) is 0 Å². The first-order valence-electron chi connectivity index (χ1n) is 5.86. The maximum absolute atomic E-state index is 12.9. The molecule has 0 radical (unpaired) electrons. The average molecular weight is 288 g/mol. The molecule has 20 heavy (non-hydrogen) atoms. The number of hydrogen-bond acceptors (Lipinski definition) is 5. The van der Waals surface area contributed by atoms with Crippen molar-refractivity contribution < 1.29 is 23.2 Å². The van der Waals surface area contributed by atoms with Crippen LogP contribution in [0.4, 0.5) is 20.2 Å². The van der Waals surface area contributed by atoms with Gasteiger partial charge in [0, 0.05) is 23.4 Å². The van der Waals surface area contributed by atoms with Gasteiger partial charge in [0.05, 0.1) is 11.5 Å². The first kappa shape index (κ1) is 15.8. The number of nitro groups is 1. The first-order valence-corrected chi connectivity index (χ1v) is 5.86. The fourth-order valence-corrected chi connectivity index (χ4v) is 1.54. The van der Waals surface area contributed by atoms with Gasteiger partial charge in [-0.25, -0.2) is 13.6 Å². The number of carbonyl (C=O) groups is 1. The van der Waals surface area contributed by atoms with Crippen LogP contribution in [0.5, 0.6) is 0 Å². The normalized spacial score (nSPS) is 12.1. The van der Waals surface area contributed by atoms with E-state index in [4.69, 9.17) is 4.74 Å². The molecule has 1 unspecified atom stereocenters. The number of rotatable bonds is 6. The summed E-state index contributed by atoms with van der Waals surface area (Å²) in [5, 5.41) is 13.1. The number of alkyl halides is 2. The van der Waals surface area contributed by atoms with Gasteiger partial charge in [0.25, 0.3) is 12.1 Å². The molecule has 0 saturated heterocycles. The molecule has 1 N–H and O–H groups in total. The molecule has 0 aliphatic heterocycles. The largest absolute Gasteiger partial charge is 0.464 e. The fourth-order valence-electron chi connectivity index (χ4n) is 1.54. The van der Waals surface area contributed by atoms with Gasteiger partial charge in [-0.15, -0.1) is 0 Å². The summed E-state index contributed by atoms with van der Waals surface area (Å²) in [6.07, 6.45) is -2.90. The number of non-ortho nitro benzene ring substituents is 1. The second-order valence-electron chi connectivity index (χ2n) is 3.95. The highest BCUT2D eigenvalue weighted by Gasteiger charge is 2.21. The summed E-state index contributed by atoms with van der Waals surface area (Å²) < 4.78 is 30.5. The second-order valence-corrected chi connectivity index (χ2v) is 3.95. The second kappa shape index (κ2) is 6.78. The van der Waals surface area contributed by atoms with Crippen LogP contribution < -0.4 is 5.32 Å². The lowest BCUT2D eigenvalue weighted by molar-refractivity contribution is -0.385. The summed E-state index contributed by atoms with van der Waals surface area (Å²) in [6, 6.07) is 2.18. The summed E-state index contributed by atoms with van der Waals surface area (Å²) in [4.78, 5) is 21.2. The Morgan fingerprint density at radius 2 is 2.15 bits per heavy atom. The Labute approximate surface area is 113 Å². The molecule has 1 aromatic carbocycles. The van der Waals surface area contributed by atoms with Gasteiger partial charge in [-0.1, -0.05) is 0 Å². The van der Waals surface area contributed by atoms with Crippen molar-refractivity contribution in [3.8, 4) is 0 Å². The Hall–Kier alpha value is -2.25. The van der Waals surface area contributed by atoms with Crippen LogP contribution in [0.25, 0.3) is 0 Å². The predicted molar refractivity (Wildman–Crippen MR) is 67.8 cm³/mol. The van der Waals surface area contributed by atoms with Crippen LogP contribution in [0, 0.1) is 10.1 Å². The molecule has 1 aromatic rings. The van der Waals surface area contributed by atoms with E-state index in [9.17, 15) is 23.7 Å². The third-order valence-corrected chi connectivity index (χ3v) is 2.49. The molecule has 0 saturated carbocycles. The van der Waals surface area contributed by atoms with Crippen molar-refractivity contribution in [1.82, 2.24) is 0 Å². The van der Waals surface area contributed by atoms with E-state index in [1.807, 2.05) is 0 Å². The van der Waals surface area contributed by atoms with Gasteiger partial charge in [0.2, 0.25) is 0 Å². The summed E-state index contributed by atoms with van der Waals surface area (Å²) in [5.41, 5.74) is -1.00. The monoisotopic (exact) mass is 288 g/mol. The van der Waals surface area contributed by atoms with Crippen LogP contribution in [-0.4, -0.2) is 23.5 Å². The summed E-state index contributed by atoms with van der Waals surface area (Å²) in [5.74, 6) is -0.592. The molecule has 0 aliphatic carbocycles. The molecule has 0 heterocycles. The van der Waals surface area contributed by atoms with Gasteiger partial charge in [-0.3, -0.25) is 10.1 Å². The third kappa shape index (κ3) is 3.87. The molecule has 8 heteroatoms. The first-order chi connectivity index (χ1) is 9.36. The van der Waals surface area contributed by atoms with Gasteiger partial charge in [-0.2, -0.15) is 0 Å². The number of ether oxygens (including phenoxy) is 1. The van der Waals surface area contributed by atoms with Crippen molar-refractivity contribution in [2.24, 2.45) is 0 Å². The lowest BCUT2D eigenvalue weighted by Gasteiger charge is -2.16. The highest BCUT2D eigenvalue weighted by atomic mass is 19.3. The lowest BCUT2D eigenvalue weighted by atomic mass is 10.1. The predicted octanol–water partition coefficient (Wildman–Crippen LogP) is 2.90. The highest BCUT2D eigenvalue weighted by Crippen LogP contribution is 2.31. The lowest BCUT2D eigenvalue weighted by Crippen LogP contribution is -2.28. The fraction of sp³-hybridized carbons (Fsp3) is 0.417. The number of nitro benzene ring substituents is 1. The Bertz CT molecular complexity index is 508. The van der Waals surface area contributed by atoms with Gasteiger partial charge in [-0.05, 0) is 19.9 Å². The number of hydrogen-bond donors (Lipinski definition) is 1. The van der Waals surface area contributed by atoms with Crippen molar-refractivity contribution in [1.29, 1.82) is 0 Å². The summed E-state index contributed by atoms with van der Waals surface area (Å²) in [6.45, 7) is 3.25. The van der Waals surface area contributed by atoms with Gasteiger partial charge >= 0.3 is 5.97 Å². The molecule has 110 valence electrons. The number of carbonyl (C=O) groups excluding carboxylic acids is 1. The zero-order chi connectivity index (χ0) is 15.3. The molecule has 0 aromatic heterocycles. The third-order valence-electron chi connectivity index (χ3n) is 2.49. The van der Waals surface area contributed by atoms with Crippen LogP contribution >= 0.6 is 0 Å². The highest BCUT2D eigenvalue weighted by molar-refractivity contribution is 5.79. The molecule has 0 bridgehead atoms. The van der Waals surface area contributed by atoms with E-state index in [0.717, 1.165) is 18.2 Å². The molecule has 0 aliphatic rings. The van der Waals surface area contributed by atoms with Gasteiger partial charge in [0.1, 0.15) is 6.04 Å². The Balaban J connectivity index is 3.00. The van der Waals surface area contributed by atoms with E-state index in [1.54, 1.807) is 6.92 Å². The van der Waals surface area contributed by atoms with Crippen molar-refractivity contribution in [2.45, 2.75) is 26.3 Å². The van der Waals surface area contributed by atoms with Crippen molar-refractivity contribution in [3.05, 3.63) is 33.9 Å².